The van der Waals surface area contributed by atoms with Crippen LogP contribution in [-0.2, 0) is 9.84 Å². The standard InChI is InChI=1S/C37H20O5S/c38-37-29-17-21(23-9-13-27-25-5-1-3-7-31(25)41-33(27)19-23)11-15-35(29)43(39,40)36-16-12-22(18-30(36)37)24-10-14-28-26-6-2-4-8-32(26)42-34(28)20-24/h1-20H. The Labute approximate surface area is 245 Å². The molecule has 8 aromatic rings. The predicted molar refractivity (Wildman–Crippen MR) is 167 cm³/mol. The van der Waals surface area contributed by atoms with Crippen LogP contribution in [0.15, 0.2) is 140 Å². The average molecular weight is 577 g/mol. The number of furan rings is 2. The molecule has 6 aromatic carbocycles. The molecule has 43 heavy (non-hydrogen) atoms. The van der Waals surface area contributed by atoms with Crippen molar-refractivity contribution in [1.82, 2.24) is 0 Å². The average Bonchev–Trinajstić information content (AvgIpc) is 3.60. The molecule has 0 saturated carbocycles. The van der Waals surface area contributed by atoms with E-state index in [0.29, 0.717) is 0 Å². The highest BCUT2D eigenvalue weighted by molar-refractivity contribution is 7.91. The van der Waals surface area contributed by atoms with Crippen molar-refractivity contribution < 1.29 is 22.0 Å². The molecule has 0 atom stereocenters. The van der Waals surface area contributed by atoms with Crippen LogP contribution in [0.25, 0.3) is 66.1 Å². The molecule has 5 nitrogen and oxygen atoms in total. The SMILES string of the molecule is O=C1c2cc(-c3ccc4c(c3)oc3ccccc34)ccc2S(=O)(=O)c2ccc(-c3ccc4c(c3)oc3ccccc34)cc21. The monoisotopic (exact) mass is 576 g/mol. The first kappa shape index (κ1) is 24.2. The van der Waals surface area contributed by atoms with Gasteiger partial charge in [-0.15, -0.1) is 0 Å². The summed E-state index contributed by atoms with van der Waals surface area (Å²) in [5.74, 6) is -0.321. The van der Waals surface area contributed by atoms with Gasteiger partial charge >= 0.3 is 0 Å². The van der Waals surface area contributed by atoms with Crippen molar-refractivity contribution in [2.75, 3.05) is 0 Å². The molecule has 3 heterocycles. The van der Waals surface area contributed by atoms with Crippen molar-refractivity contribution in [3.8, 4) is 22.3 Å². The van der Waals surface area contributed by atoms with Crippen molar-refractivity contribution in [2.24, 2.45) is 0 Å². The Morgan fingerprint density at radius 3 is 1.30 bits per heavy atom. The molecule has 204 valence electrons. The topological polar surface area (TPSA) is 77.5 Å². The molecule has 0 amide bonds. The molecule has 1 aliphatic rings. The number of fused-ring (bicyclic) bond motifs is 8. The maximum Gasteiger partial charge on any atom is 0.208 e. The van der Waals surface area contributed by atoms with E-state index in [2.05, 4.69) is 0 Å². The Morgan fingerprint density at radius 2 is 0.814 bits per heavy atom. The molecule has 0 bridgehead atoms. The molecular formula is C37H20O5S. The second-order valence-corrected chi connectivity index (χ2v) is 12.8. The summed E-state index contributed by atoms with van der Waals surface area (Å²) in [5.41, 5.74) is 6.52. The highest BCUT2D eigenvalue weighted by Gasteiger charge is 2.35. The Balaban J connectivity index is 1.15. The maximum atomic E-state index is 13.9. The van der Waals surface area contributed by atoms with E-state index in [-0.39, 0.29) is 26.7 Å². The Hall–Kier alpha value is -5.46. The van der Waals surface area contributed by atoms with Gasteiger partial charge in [-0.2, -0.15) is 0 Å². The molecule has 2 aromatic heterocycles. The van der Waals surface area contributed by atoms with Crippen LogP contribution in [0.1, 0.15) is 15.9 Å². The highest BCUT2D eigenvalue weighted by atomic mass is 32.2. The molecule has 0 radical (unpaired) electrons. The van der Waals surface area contributed by atoms with Gasteiger partial charge in [0.25, 0.3) is 0 Å². The van der Waals surface area contributed by atoms with Crippen LogP contribution in [0.5, 0.6) is 0 Å². The molecular weight excluding hydrogens is 556 g/mol. The van der Waals surface area contributed by atoms with Gasteiger partial charge < -0.3 is 8.83 Å². The minimum Gasteiger partial charge on any atom is -0.456 e. The molecule has 0 saturated heterocycles. The Kier molecular flexibility index (Phi) is 4.80. The van der Waals surface area contributed by atoms with E-state index in [1.165, 1.54) is 12.1 Å². The summed E-state index contributed by atoms with van der Waals surface area (Å²) in [4.78, 5) is 14.0. The van der Waals surface area contributed by atoms with Gasteiger partial charge in [0.1, 0.15) is 22.3 Å². The van der Waals surface area contributed by atoms with Crippen LogP contribution in [0.4, 0.5) is 0 Å². The van der Waals surface area contributed by atoms with Gasteiger partial charge in [-0.25, -0.2) is 8.42 Å². The van der Waals surface area contributed by atoms with E-state index in [0.717, 1.165) is 66.1 Å². The quantitative estimate of drug-likeness (QED) is 0.205. The summed E-state index contributed by atoms with van der Waals surface area (Å²) in [7, 11) is -3.89. The van der Waals surface area contributed by atoms with Gasteiger partial charge in [-0.3, -0.25) is 4.79 Å². The zero-order valence-corrected chi connectivity index (χ0v) is 23.3. The van der Waals surface area contributed by atoms with E-state index in [1.807, 2.05) is 84.9 Å². The zero-order valence-electron chi connectivity index (χ0n) is 22.5. The van der Waals surface area contributed by atoms with Crippen LogP contribution in [0, 0.1) is 0 Å². The van der Waals surface area contributed by atoms with Gasteiger partial charge in [-0.05, 0) is 82.9 Å². The molecule has 9 rings (SSSR count). The molecule has 0 unspecified atom stereocenters. The van der Waals surface area contributed by atoms with Gasteiger partial charge in [0, 0.05) is 32.7 Å². The number of hydrogen-bond donors (Lipinski definition) is 0. The van der Waals surface area contributed by atoms with Gasteiger partial charge in [0.2, 0.25) is 9.84 Å². The molecule has 0 fully saturated rings. The third kappa shape index (κ3) is 3.44. The summed E-state index contributed by atoms with van der Waals surface area (Å²) < 4.78 is 39.5. The number of carbonyl (C=O) groups is 1. The normalized spacial score (nSPS) is 14.0. The van der Waals surface area contributed by atoms with Crippen molar-refractivity contribution in [3.63, 3.8) is 0 Å². The van der Waals surface area contributed by atoms with E-state index in [9.17, 15) is 13.2 Å². The number of benzene rings is 6. The van der Waals surface area contributed by atoms with Gasteiger partial charge in [0.05, 0.1) is 9.79 Å². The first-order chi connectivity index (χ1) is 21.0. The fourth-order valence-corrected chi connectivity index (χ4v) is 7.93. The summed E-state index contributed by atoms with van der Waals surface area (Å²) in [6.45, 7) is 0. The number of carbonyl (C=O) groups excluding carboxylic acids is 1. The Bertz CT molecular complexity index is 2430. The number of sulfone groups is 1. The lowest BCUT2D eigenvalue weighted by Gasteiger charge is -2.20. The van der Waals surface area contributed by atoms with Crippen molar-refractivity contribution >= 4 is 59.5 Å². The largest absolute Gasteiger partial charge is 0.456 e. The maximum absolute atomic E-state index is 13.9. The molecule has 0 N–H and O–H groups in total. The smallest absolute Gasteiger partial charge is 0.208 e. The van der Waals surface area contributed by atoms with Gasteiger partial charge in [0.15, 0.2) is 5.78 Å². The van der Waals surface area contributed by atoms with Gasteiger partial charge in [-0.1, -0.05) is 60.7 Å². The summed E-state index contributed by atoms with van der Waals surface area (Å²) in [6, 6.07) is 37.4. The van der Waals surface area contributed by atoms with E-state index < -0.39 is 9.84 Å². The lowest BCUT2D eigenvalue weighted by atomic mass is 9.94. The third-order valence-electron chi connectivity index (χ3n) is 8.45. The number of rotatable bonds is 2. The van der Waals surface area contributed by atoms with Crippen LogP contribution >= 0.6 is 0 Å². The third-order valence-corrected chi connectivity index (χ3v) is 10.3. The number of ketones is 1. The van der Waals surface area contributed by atoms with E-state index >= 15 is 0 Å². The molecule has 6 heteroatoms. The minimum atomic E-state index is -3.89. The van der Waals surface area contributed by atoms with E-state index in [4.69, 9.17) is 8.83 Å². The number of para-hydroxylation sites is 2. The minimum absolute atomic E-state index is 0.0232. The van der Waals surface area contributed by atoms with Crippen molar-refractivity contribution in [2.45, 2.75) is 9.79 Å². The fourth-order valence-electron chi connectivity index (χ4n) is 6.32. The second kappa shape index (κ2) is 8.53. The highest BCUT2D eigenvalue weighted by Crippen LogP contribution is 2.40. The van der Waals surface area contributed by atoms with E-state index in [1.54, 1.807) is 24.3 Å². The molecule has 0 spiro atoms. The second-order valence-electron chi connectivity index (χ2n) is 10.9. The van der Waals surface area contributed by atoms with Crippen molar-refractivity contribution in [3.05, 3.63) is 132 Å². The van der Waals surface area contributed by atoms with Crippen LogP contribution in [0.2, 0.25) is 0 Å². The summed E-state index contributed by atoms with van der Waals surface area (Å²) in [5, 5.41) is 4.06. The predicted octanol–water partition coefficient (Wildman–Crippen LogP) is 9.20. The lowest BCUT2D eigenvalue weighted by Crippen LogP contribution is -2.20. The Morgan fingerprint density at radius 1 is 0.419 bits per heavy atom. The van der Waals surface area contributed by atoms with Crippen LogP contribution in [0.3, 0.4) is 0 Å². The fraction of sp³-hybridized carbons (Fsp3) is 0. The number of hydrogen-bond acceptors (Lipinski definition) is 5. The molecule has 1 aliphatic heterocycles. The molecule has 0 aliphatic carbocycles. The lowest BCUT2D eigenvalue weighted by molar-refractivity contribution is 0.103. The summed E-state index contributed by atoms with van der Waals surface area (Å²) in [6.07, 6.45) is 0. The zero-order chi connectivity index (χ0) is 28.9. The van der Waals surface area contributed by atoms with Crippen LogP contribution < -0.4 is 0 Å². The van der Waals surface area contributed by atoms with Crippen LogP contribution in [-0.4, -0.2) is 14.2 Å². The summed E-state index contributed by atoms with van der Waals surface area (Å²) >= 11 is 0. The first-order valence-corrected chi connectivity index (χ1v) is 15.4. The van der Waals surface area contributed by atoms with Crippen molar-refractivity contribution in [1.29, 1.82) is 0 Å². The first-order valence-electron chi connectivity index (χ1n) is 13.9.